The molecule has 3 aromatic carbocycles. The summed E-state index contributed by atoms with van der Waals surface area (Å²) in [4.78, 5) is 23.3. The molecule has 50 heavy (non-hydrogen) atoms. The number of benzene rings is 3. The highest BCUT2D eigenvalue weighted by Crippen LogP contribution is 2.49. The molecule has 0 radical (unpaired) electrons. The number of hydrogen-bond acceptors (Lipinski definition) is 13. The first-order valence-corrected chi connectivity index (χ1v) is 16.5. The lowest BCUT2D eigenvalue weighted by atomic mass is 9.64. The van der Waals surface area contributed by atoms with E-state index in [1.165, 1.54) is 10.9 Å². The van der Waals surface area contributed by atoms with Crippen molar-refractivity contribution in [3.05, 3.63) is 112 Å². The van der Waals surface area contributed by atoms with Gasteiger partial charge in [-0.1, -0.05) is 54.6 Å². The number of imidazole rings is 1. The van der Waals surface area contributed by atoms with Gasteiger partial charge < -0.3 is 30.2 Å². The van der Waals surface area contributed by atoms with E-state index in [1.54, 1.807) is 38.5 Å². The summed E-state index contributed by atoms with van der Waals surface area (Å²) >= 11 is 0. The second-order valence-corrected chi connectivity index (χ2v) is 12.3. The summed E-state index contributed by atoms with van der Waals surface area (Å²) in [6.07, 6.45) is -6.28. The number of nitrogens with two attached hydrogens (primary N) is 1. The number of ether oxygens (including phenoxy) is 3. The summed E-state index contributed by atoms with van der Waals surface area (Å²) in [6, 6.07) is 25.4. The van der Waals surface area contributed by atoms with Gasteiger partial charge in [-0.15, -0.1) is 9.05 Å². The van der Waals surface area contributed by atoms with Gasteiger partial charge in [0.25, 0.3) is 5.56 Å². The minimum absolute atomic E-state index is 0.00141. The van der Waals surface area contributed by atoms with Crippen LogP contribution in [0.3, 0.4) is 0 Å². The molecule has 2 unspecified atom stereocenters. The van der Waals surface area contributed by atoms with E-state index in [9.17, 15) is 19.6 Å². The fraction of sp³-hybridized carbons (Fsp3) is 0.294. The molecule has 5 N–H and O–H groups in total. The zero-order valence-electron chi connectivity index (χ0n) is 26.9. The summed E-state index contributed by atoms with van der Waals surface area (Å²) in [5.74, 6) is 0.959. The summed E-state index contributed by atoms with van der Waals surface area (Å²) in [7, 11) is 0.175. The lowest BCUT2D eigenvalue weighted by Gasteiger charge is -2.42. The number of nitrogens with zero attached hydrogens (tertiary/aromatic N) is 4. The molecule has 6 atom stereocenters. The second-order valence-electron chi connectivity index (χ2n) is 11.4. The third-order valence-corrected chi connectivity index (χ3v) is 9.48. The van der Waals surface area contributed by atoms with Crippen LogP contribution in [0.4, 0.5) is 5.95 Å². The van der Waals surface area contributed by atoms with E-state index in [-0.39, 0.29) is 30.1 Å². The number of methoxy groups -OCH3 is 2. The van der Waals surface area contributed by atoms with Crippen LogP contribution in [-0.2, 0) is 23.8 Å². The predicted octanol–water partition coefficient (Wildman–Crippen LogP) is 3.35. The van der Waals surface area contributed by atoms with Crippen LogP contribution in [0.2, 0.25) is 0 Å². The Hall–Kier alpha value is -5.20. The number of anilines is 1. The maximum atomic E-state index is 13.1. The Kier molecular flexibility index (Phi) is 10.2. The van der Waals surface area contributed by atoms with Crippen molar-refractivity contribution < 1.29 is 38.0 Å². The number of nitrogen functional groups attached to an aromatic ring is 1. The molecule has 1 aliphatic rings. The average Bonchev–Trinajstić information content (AvgIpc) is 3.70. The van der Waals surface area contributed by atoms with Crippen LogP contribution in [0.25, 0.3) is 11.2 Å². The molecule has 0 amide bonds. The van der Waals surface area contributed by atoms with Gasteiger partial charge in [0.1, 0.15) is 36.4 Å². The summed E-state index contributed by atoms with van der Waals surface area (Å²) < 4.78 is 42.8. The van der Waals surface area contributed by atoms with Gasteiger partial charge in [-0.2, -0.15) is 10.2 Å². The quantitative estimate of drug-likeness (QED) is 0.0788. The van der Waals surface area contributed by atoms with E-state index in [0.29, 0.717) is 28.2 Å². The molecule has 16 heteroatoms. The molecule has 3 heterocycles. The molecular weight excluding hydrogens is 667 g/mol. The fourth-order valence-corrected chi connectivity index (χ4v) is 7.12. The minimum Gasteiger partial charge on any atom is -0.497 e. The molecule has 0 saturated carbocycles. The van der Waals surface area contributed by atoms with E-state index in [4.69, 9.17) is 34.3 Å². The monoisotopic (exact) mass is 701 g/mol. The second kappa shape index (κ2) is 14.7. The molecular formula is C34H34N6O9P+. The highest BCUT2D eigenvalue weighted by molar-refractivity contribution is 7.33. The first kappa shape index (κ1) is 34.7. The van der Waals surface area contributed by atoms with Crippen LogP contribution in [0.1, 0.15) is 29.3 Å². The third-order valence-electron chi connectivity index (χ3n) is 8.67. The smallest absolute Gasteiger partial charge is 0.497 e. The van der Waals surface area contributed by atoms with Gasteiger partial charge in [0.05, 0.1) is 38.5 Å². The summed E-state index contributed by atoms with van der Waals surface area (Å²) in [5, 5.41) is 33.7. The van der Waals surface area contributed by atoms with Crippen LogP contribution in [0.5, 0.6) is 11.5 Å². The summed E-state index contributed by atoms with van der Waals surface area (Å²) in [5.41, 5.74) is 5.60. The van der Waals surface area contributed by atoms with E-state index < -0.39 is 49.9 Å². The van der Waals surface area contributed by atoms with Crippen LogP contribution in [0.15, 0.2) is 90.0 Å². The van der Waals surface area contributed by atoms with Crippen molar-refractivity contribution in [2.24, 2.45) is 0 Å². The third kappa shape index (κ3) is 6.32. The van der Waals surface area contributed by atoms with Gasteiger partial charge in [0.15, 0.2) is 23.5 Å². The van der Waals surface area contributed by atoms with Gasteiger partial charge in [0.2, 0.25) is 5.95 Å². The lowest BCUT2D eigenvalue weighted by molar-refractivity contribution is -0.0950. The number of hydrogen-bond donors (Lipinski definition) is 4. The lowest BCUT2D eigenvalue weighted by Crippen LogP contribution is -2.52. The molecule has 2 aromatic heterocycles. The van der Waals surface area contributed by atoms with E-state index in [1.807, 2.05) is 60.7 Å². The molecule has 0 aliphatic carbocycles. The van der Waals surface area contributed by atoms with Crippen molar-refractivity contribution in [2.75, 3.05) is 26.6 Å². The van der Waals surface area contributed by atoms with Crippen LogP contribution >= 0.6 is 8.25 Å². The number of aliphatic hydroxyl groups excluding tert-OH is 2. The molecule has 0 bridgehead atoms. The highest BCUT2D eigenvalue weighted by atomic mass is 31.1. The van der Waals surface area contributed by atoms with Crippen LogP contribution < -0.4 is 20.8 Å². The number of aromatic nitrogens is 4. The Morgan fingerprint density at radius 3 is 2.22 bits per heavy atom. The standard InChI is InChI=1S/C34H33N6O9P/c1-45-23-13-9-21(10-14-23)34(20-7-4-3-5-8-20,22-11-15-24(46-2)16-12-22)29(42)28-27(49-50(44)47-18-6-17-35)26(41)32(48-28)40-19-37-25-30(40)38-33(36)39-31(25)43/h3-5,7-16,19,26-29,32,41-42H,6,18H2,1-2H3,(H2-,36,38,39,43)/p+1/t26-,27+,28+,29?,32-/m1/s1. The predicted molar refractivity (Wildman–Crippen MR) is 179 cm³/mol. The molecule has 1 fully saturated rings. The Morgan fingerprint density at radius 2 is 1.64 bits per heavy atom. The Labute approximate surface area is 286 Å². The normalized spacial score (nSPS) is 19.9. The molecule has 258 valence electrons. The largest absolute Gasteiger partial charge is 0.697 e. The van der Waals surface area contributed by atoms with Gasteiger partial charge in [-0.3, -0.25) is 14.3 Å². The Morgan fingerprint density at radius 1 is 1.04 bits per heavy atom. The average molecular weight is 702 g/mol. The van der Waals surface area contributed by atoms with Crippen LogP contribution in [-0.4, -0.2) is 75.0 Å². The van der Waals surface area contributed by atoms with Gasteiger partial charge in [0, 0.05) is 4.57 Å². The fourth-order valence-electron chi connectivity index (χ4n) is 6.37. The minimum atomic E-state index is -2.92. The first-order chi connectivity index (χ1) is 24.2. The van der Waals surface area contributed by atoms with Crippen molar-refractivity contribution in [3.63, 3.8) is 0 Å². The molecule has 15 nitrogen and oxygen atoms in total. The van der Waals surface area contributed by atoms with Crippen molar-refractivity contribution in [1.29, 1.82) is 5.26 Å². The number of H-pyrrole nitrogens is 1. The number of nitriles is 1. The zero-order chi connectivity index (χ0) is 35.4. The number of aromatic amines is 1. The van der Waals surface area contributed by atoms with Crippen molar-refractivity contribution in [1.82, 2.24) is 19.5 Å². The Balaban J connectivity index is 1.54. The summed E-state index contributed by atoms with van der Waals surface area (Å²) in [6.45, 7) is -0.199. The SMILES string of the molecule is COc1ccc(C(c2ccccc2)(c2ccc(OC)cc2)C(O)[C@H]2O[C@@H](n3cnc4c(=O)[nH]c(N)nc43)[C@H](O)[C@@H]2O[P+](=O)OCCC#N)cc1. The van der Waals surface area contributed by atoms with Gasteiger partial charge >= 0.3 is 8.25 Å². The number of rotatable bonds is 13. The van der Waals surface area contributed by atoms with E-state index in [0.717, 1.165) is 0 Å². The topological polar surface area (TPSA) is 217 Å². The molecule has 1 aliphatic heterocycles. The zero-order valence-corrected chi connectivity index (χ0v) is 27.8. The molecule has 1 saturated heterocycles. The molecule has 6 rings (SSSR count). The molecule has 5 aromatic rings. The maximum Gasteiger partial charge on any atom is 0.697 e. The number of aliphatic hydroxyl groups is 2. The van der Waals surface area contributed by atoms with Crippen molar-refractivity contribution in [3.8, 4) is 17.6 Å². The Bertz CT molecular complexity index is 2000. The highest BCUT2D eigenvalue weighted by Gasteiger charge is 2.59. The van der Waals surface area contributed by atoms with E-state index >= 15 is 0 Å². The van der Waals surface area contributed by atoms with Gasteiger partial charge in [-0.25, -0.2) is 4.98 Å². The maximum absolute atomic E-state index is 13.1. The van der Waals surface area contributed by atoms with Crippen molar-refractivity contribution >= 4 is 25.4 Å². The number of nitrogens with one attached hydrogen (secondary N) is 1. The van der Waals surface area contributed by atoms with Crippen molar-refractivity contribution in [2.45, 2.75) is 42.5 Å². The van der Waals surface area contributed by atoms with Gasteiger partial charge in [-0.05, 0) is 41.0 Å². The first-order valence-electron chi connectivity index (χ1n) is 15.4. The van der Waals surface area contributed by atoms with E-state index in [2.05, 4.69) is 15.0 Å². The molecule has 0 spiro atoms. The number of fused-ring (bicyclic) bond motifs is 1. The van der Waals surface area contributed by atoms with Crippen LogP contribution in [0, 0.1) is 11.3 Å².